The standard InChI is InChI=1S/C13H14Cl2O3/c1-8-13(12(16)17,4-5-18-8)7-9-2-3-10(14)11(15)6-9/h2-3,6,8H,4-5,7H2,1H3,(H,16,17). The van der Waals surface area contributed by atoms with E-state index in [4.69, 9.17) is 27.9 Å². The summed E-state index contributed by atoms with van der Waals surface area (Å²) in [4.78, 5) is 11.6. The molecule has 2 atom stereocenters. The van der Waals surface area contributed by atoms with Crippen molar-refractivity contribution in [3.8, 4) is 0 Å². The second kappa shape index (κ2) is 5.08. The lowest BCUT2D eigenvalue weighted by molar-refractivity contribution is -0.151. The summed E-state index contributed by atoms with van der Waals surface area (Å²) >= 11 is 11.8. The molecule has 0 saturated carbocycles. The first-order chi connectivity index (χ1) is 8.45. The maximum atomic E-state index is 11.6. The van der Waals surface area contributed by atoms with Gasteiger partial charge in [0.1, 0.15) is 0 Å². The number of rotatable bonds is 3. The minimum Gasteiger partial charge on any atom is -0.481 e. The predicted octanol–water partition coefficient (Wildman–Crippen LogP) is 3.42. The van der Waals surface area contributed by atoms with E-state index in [0.717, 1.165) is 5.56 Å². The van der Waals surface area contributed by atoms with E-state index in [-0.39, 0.29) is 6.10 Å². The van der Waals surface area contributed by atoms with Crippen LogP contribution in [0.3, 0.4) is 0 Å². The highest BCUT2D eigenvalue weighted by atomic mass is 35.5. The minimum atomic E-state index is -0.864. The lowest BCUT2D eigenvalue weighted by Gasteiger charge is -2.27. The van der Waals surface area contributed by atoms with Crippen molar-refractivity contribution in [1.82, 2.24) is 0 Å². The molecule has 98 valence electrons. The van der Waals surface area contributed by atoms with Gasteiger partial charge in [-0.25, -0.2) is 0 Å². The van der Waals surface area contributed by atoms with Gasteiger partial charge in [0, 0.05) is 6.61 Å². The van der Waals surface area contributed by atoms with E-state index in [0.29, 0.717) is 29.5 Å². The third-order valence-corrected chi connectivity index (χ3v) is 4.36. The van der Waals surface area contributed by atoms with Crippen molar-refractivity contribution < 1.29 is 14.6 Å². The van der Waals surface area contributed by atoms with Gasteiger partial charge in [-0.2, -0.15) is 0 Å². The van der Waals surface area contributed by atoms with Gasteiger partial charge in [-0.05, 0) is 37.5 Å². The Labute approximate surface area is 116 Å². The molecule has 1 aliphatic heterocycles. The molecular formula is C13H14Cl2O3. The molecular weight excluding hydrogens is 275 g/mol. The monoisotopic (exact) mass is 288 g/mol. The number of carboxylic acids is 1. The van der Waals surface area contributed by atoms with Gasteiger partial charge in [0.25, 0.3) is 0 Å². The first-order valence-corrected chi connectivity index (χ1v) is 6.50. The highest BCUT2D eigenvalue weighted by Gasteiger charge is 2.48. The number of ether oxygens (including phenoxy) is 1. The Bertz CT molecular complexity index is 475. The van der Waals surface area contributed by atoms with Crippen LogP contribution >= 0.6 is 23.2 Å². The Balaban J connectivity index is 2.29. The average Bonchev–Trinajstić information content (AvgIpc) is 2.67. The maximum Gasteiger partial charge on any atom is 0.312 e. The lowest BCUT2D eigenvalue weighted by atomic mass is 9.76. The Morgan fingerprint density at radius 2 is 2.22 bits per heavy atom. The van der Waals surface area contributed by atoms with Gasteiger partial charge in [0.2, 0.25) is 0 Å². The summed E-state index contributed by atoms with van der Waals surface area (Å²) in [6.07, 6.45) is 0.619. The largest absolute Gasteiger partial charge is 0.481 e. The summed E-state index contributed by atoms with van der Waals surface area (Å²) in [6.45, 7) is 2.29. The molecule has 0 amide bonds. The van der Waals surface area contributed by atoms with E-state index < -0.39 is 11.4 Å². The quantitative estimate of drug-likeness (QED) is 0.927. The van der Waals surface area contributed by atoms with Crippen LogP contribution in [0.2, 0.25) is 10.0 Å². The SMILES string of the molecule is CC1OCCC1(Cc1ccc(Cl)c(Cl)c1)C(=O)O. The van der Waals surface area contributed by atoms with Gasteiger partial charge in [-0.3, -0.25) is 4.79 Å². The summed E-state index contributed by atoms with van der Waals surface area (Å²) < 4.78 is 5.42. The molecule has 2 unspecified atom stereocenters. The van der Waals surface area contributed by atoms with E-state index in [1.165, 1.54) is 0 Å². The van der Waals surface area contributed by atoms with Crippen LogP contribution in [-0.2, 0) is 16.0 Å². The van der Waals surface area contributed by atoms with Gasteiger partial charge >= 0.3 is 5.97 Å². The molecule has 0 bridgehead atoms. The molecule has 0 radical (unpaired) electrons. The van der Waals surface area contributed by atoms with Crippen LogP contribution < -0.4 is 0 Å². The fraction of sp³-hybridized carbons (Fsp3) is 0.462. The normalized spacial score (nSPS) is 27.4. The first kappa shape index (κ1) is 13.7. The van der Waals surface area contributed by atoms with Crippen molar-refractivity contribution in [2.75, 3.05) is 6.61 Å². The van der Waals surface area contributed by atoms with Crippen LogP contribution in [0.25, 0.3) is 0 Å². The van der Waals surface area contributed by atoms with Crippen molar-refractivity contribution in [1.29, 1.82) is 0 Å². The molecule has 0 aliphatic carbocycles. The molecule has 1 fully saturated rings. The van der Waals surface area contributed by atoms with Gasteiger partial charge in [0.05, 0.1) is 21.6 Å². The van der Waals surface area contributed by atoms with E-state index in [9.17, 15) is 9.90 Å². The third-order valence-electron chi connectivity index (χ3n) is 3.62. The van der Waals surface area contributed by atoms with Crippen LogP contribution in [0.5, 0.6) is 0 Å². The zero-order chi connectivity index (χ0) is 13.3. The number of carbonyl (C=O) groups is 1. The molecule has 2 rings (SSSR count). The van der Waals surface area contributed by atoms with Crippen LogP contribution in [0.15, 0.2) is 18.2 Å². The fourth-order valence-corrected chi connectivity index (χ4v) is 2.70. The van der Waals surface area contributed by atoms with Crippen LogP contribution in [0.4, 0.5) is 0 Å². The van der Waals surface area contributed by atoms with Crippen molar-refractivity contribution in [2.24, 2.45) is 5.41 Å². The Hall–Kier alpha value is -0.770. The van der Waals surface area contributed by atoms with Crippen molar-refractivity contribution >= 4 is 29.2 Å². The van der Waals surface area contributed by atoms with E-state index in [1.54, 1.807) is 19.1 Å². The molecule has 1 heterocycles. The van der Waals surface area contributed by atoms with Gasteiger partial charge < -0.3 is 9.84 Å². The average molecular weight is 289 g/mol. The highest BCUT2D eigenvalue weighted by Crippen LogP contribution is 2.39. The van der Waals surface area contributed by atoms with Crippen LogP contribution in [0, 0.1) is 5.41 Å². The molecule has 1 saturated heterocycles. The summed E-state index contributed by atoms with van der Waals surface area (Å²) in [7, 11) is 0. The third kappa shape index (κ3) is 2.35. The first-order valence-electron chi connectivity index (χ1n) is 5.74. The molecule has 1 aliphatic rings. The smallest absolute Gasteiger partial charge is 0.312 e. The Morgan fingerprint density at radius 1 is 1.50 bits per heavy atom. The number of halogens is 2. The Morgan fingerprint density at radius 3 is 2.72 bits per heavy atom. The highest BCUT2D eigenvalue weighted by molar-refractivity contribution is 6.42. The fourth-order valence-electron chi connectivity index (χ4n) is 2.38. The van der Waals surface area contributed by atoms with E-state index in [1.807, 2.05) is 6.07 Å². The summed E-state index contributed by atoms with van der Waals surface area (Å²) in [5.74, 6) is -0.821. The second-order valence-electron chi connectivity index (χ2n) is 4.65. The summed E-state index contributed by atoms with van der Waals surface area (Å²) in [5, 5.41) is 10.4. The van der Waals surface area contributed by atoms with Crippen LogP contribution in [-0.4, -0.2) is 23.8 Å². The number of hydrogen-bond acceptors (Lipinski definition) is 2. The van der Waals surface area contributed by atoms with E-state index in [2.05, 4.69) is 0 Å². The molecule has 0 aromatic heterocycles. The summed E-state index contributed by atoms with van der Waals surface area (Å²) in [6, 6.07) is 5.22. The van der Waals surface area contributed by atoms with Crippen molar-refractivity contribution in [3.63, 3.8) is 0 Å². The number of aliphatic carboxylic acids is 1. The predicted molar refractivity (Wildman–Crippen MR) is 70.3 cm³/mol. The molecule has 5 heteroatoms. The van der Waals surface area contributed by atoms with E-state index >= 15 is 0 Å². The van der Waals surface area contributed by atoms with Gasteiger partial charge in [0.15, 0.2) is 0 Å². The minimum absolute atomic E-state index is 0.301. The molecule has 3 nitrogen and oxygen atoms in total. The number of hydrogen-bond donors (Lipinski definition) is 1. The van der Waals surface area contributed by atoms with Crippen molar-refractivity contribution in [2.45, 2.75) is 25.9 Å². The second-order valence-corrected chi connectivity index (χ2v) is 5.46. The van der Waals surface area contributed by atoms with Crippen molar-refractivity contribution in [3.05, 3.63) is 33.8 Å². The topological polar surface area (TPSA) is 46.5 Å². The van der Waals surface area contributed by atoms with Gasteiger partial charge in [-0.15, -0.1) is 0 Å². The van der Waals surface area contributed by atoms with Crippen LogP contribution in [0.1, 0.15) is 18.9 Å². The lowest BCUT2D eigenvalue weighted by Crippen LogP contribution is -2.39. The maximum absolute atomic E-state index is 11.6. The van der Waals surface area contributed by atoms with Gasteiger partial charge in [-0.1, -0.05) is 29.3 Å². The molecule has 1 N–H and O–H groups in total. The summed E-state index contributed by atoms with van der Waals surface area (Å²) in [5.41, 5.74) is 0.00102. The number of benzene rings is 1. The zero-order valence-electron chi connectivity index (χ0n) is 9.95. The zero-order valence-corrected chi connectivity index (χ0v) is 11.5. The Kier molecular flexibility index (Phi) is 3.85. The number of carboxylic acid groups (broad SMARTS) is 1. The molecule has 1 aromatic rings. The molecule has 0 spiro atoms. The molecule has 18 heavy (non-hydrogen) atoms. The molecule has 1 aromatic carbocycles.